The van der Waals surface area contributed by atoms with Crippen molar-refractivity contribution >= 4 is 42.3 Å². The van der Waals surface area contributed by atoms with E-state index in [-0.39, 0.29) is 12.1 Å². The average molecular weight is 439 g/mol. The first-order chi connectivity index (χ1) is 8.24. The van der Waals surface area contributed by atoms with E-state index in [2.05, 4.69) is 0 Å². The van der Waals surface area contributed by atoms with Gasteiger partial charge in [0.1, 0.15) is 0 Å². The summed E-state index contributed by atoms with van der Waals surface area (Å²) in [5.41, 5.74) is -4.06. The maximum atomic E-state index is 12.5. The highest BCUT2D eigenvalue weighted by Gasteiger charge is 2.44. The van der Waals surface area contributed by atoms with Crippen molar-refractivity contribution < 1.29 is 34.8 Å². The van der Waals surface area contributed by atoms with Crippen LogP contribution in [0.1, 0.15) is 11.1 Å². The number of hydrogen-bond donors (Lipinski definition) is 0. The Hall–Kier alpha value is -0.230. The van der Waals surface area contributed by atoms with Crippen molar-refractivity contribution in [3.05, 3.63) is 26.8 Å². The molecule has 1 aromatic carbocycles. The van der Waals surface area contributed by atoms with Crippen molar-refractivity contribution in [2.75, 3.05) is 0 Å². The minimum absolute atomic E-state index is 0.0959. The first-order valence-electron chi connectivity index (χ1n) is 4.17. The predicted molar refractivity (Wildman–Crippen MR) is 62.2 cm³/mol. The zero-order chi connectivity index (χ0) is 15.2. The second-order valence-electron chi connectivity index (χ2n) is 3.26. The number of alkyl halides is 6. The minimum atomic E-state index is -5.36. The van der Waals surface area contributed by atoms with Gasteiger partial charge in [0.05, 0.1) is 16.0 Å². The lowest BCUT2D eigenvalue weighted by Crippen LogP contribution is -2.18. The molecule has 0 radical (unpaired) electrons. The van der Waals surface area contributed by atoms with E-state index in [1.165, 1.54) is 22.6 Å². The highest BCUT2D eigenvalue weighted by molar-refractivity contribution is 14.1. The lowest BCUT2D eigenvalue weighted by molar-refractivity contribution is -0.162. The van der Waals surface area contributed by atoms with Gasteiger partial charge in [-0.2, -0.15) is 26.3 Å². The Balaban J connectivity index is 3.76. The summed E-state index contributed by atoms with van der Waals surface area (Å²) in [7, 11) is 0.290. The maximum absolute atomic E-state index is 12.5. The molecule has 0 aliphatic heterocycles. The summed E-state index contributed by atoms with van der Waals surface area (Å²) in [6.07, 6.45) is -10.6. The average Bonchev–Trinajstić information content (AvgIpc) is 2.11. The summed E-state index contributed by atoms with van der Waals surface area (Å²) in [4.78, 5) is -1.02. The quantitative estimate of drug-likeness (QED) is 0.373. The third kappa shape index (κ3) is 3.88. The van der Waals surface area contributed by atoms with E-state index < -0.39 is 41.0 Å². The number of benzene rings is 1. The summed E-state index contributed by atoms with van der Waals surface area (Å²) in [5, 5.41) is 0. The van der Waals surface area contributed by atoms with Gasteiger partial charge in [0.25, 0.3) is 9.05 Å². The van der Waals surface area contributed by atoms with Gasteiger partial charge < -0.3 is 0 Å². The predicted octanol–water partition coefficient (Wildman–Crippen LogP) is 4.26. The molecule has 0 heterocycles. The first-order valence-corrected chi connectivity index (χ1v) is 7.56. The fourth-order valence-corrected chi connectivity index (χ4v) is 3.87. The van der Waals surface area contributed by atoms with Gasteiger partial charge in [-0.25, -0.2) is 8.42 Å². The molecule has 0 aromatic heterocycles. The molecular formula is C8H2ClF6IO2S. The van der Waals surface area contributed by atoms with Gasteiger partial charge in [0, 0.05) is 14.3 Å². The Morgan fingerprint density at radius 2 is 1.32 bits per heavy atom. The van der Waals surface area contributed by atoms with Crippen molar-refractivity contribution in [1.82, 2.24) is 0 Å². The molecule has 19 heavy (non-hydrogen) atoms. The third-order valence-electron chi connectivity index (χ3n) is 1.95. The number of halogens is 8. The van der Waals surface area contributed by atoms with Crippen LogP contribution in [0.4, 0.5) is 26.3 Å². The zero-order valence-electron chi connectivity index (χ0n) is 8.40. The summed E-state index contributed by atoms with van der Waals surface area (Å²) >= 11 is 1.17. The van der Waals surface area contributed by atoms with E-state index in [0.29, 0.717) is 0 Å². The van der Waals surface area contributed by atoms with Crippen molar-refractivity contribution in [3.63, 3.8) is 0 Å². The highest BCUT2D eigenvalue weighted by Crippen LogP contribution is 2.42. The molecule has 11 heteroatoms. The topological polar surface area (TPSA) is 34.1 Å². The van der Waals surface area contributed by atoms with Crippen LogP contribution in [0.2, 0.25) is 0 Å². The molecule has 0 aliphatic carbocycles. The largest absolute Gasteiger partial charge is 0.417 e. The van der Waals surface area contributed by atoms with Gasteiger partial charge in [0.2, 0.25) is 0 Å². The van der Waals surface area contributed by atoms with Crippen molar-refractivity contribution in [3.8, 4) is 0 Å². The second kappa shape index (κ2) is 4.95. The molecule has 0 N–H and O–H groups in total. The normalized spacial score (nSPS) is 13.7. The van der Waals surface area contributed by atoms with E-state index in [4.69, 9.17) is 10.7 Å². The van der Waals surface area contributed by atoms with Crippen molar-refractivity contribution in [2.45, 2.75) is 17.2 Å². The molecule has 2 nitrogen and oxygen atoms in total. The van der Waals surface area contributed by atoms with Crippen LogP contribution in [0.3, 0.4) is 0 Å². The molecule has 0 fully saturated rings. The Bertz CT molecular complexity index is 607. The SMILES string of the molecule is O=S(=O)(Cl)c1cc(C(F)(F)F)c(C(F)(F)F)cc1I. The summed E-state index contributed by atoms with van der Waals surface area (Å²) < 4.78 is 96.6. The zero-order valence-corrected chi connectivity index (χ0v) is 12.1. The summed E-state index contributed by atoms with van der Waals surface area (Å²) in [6.45, 7) is 0. The fourth-order valence-electron chi connectivity index (χ4n) is 1.21. The highest BCUT2D eigenvalue weighted by atomic mass is 127. The molecule has 0 spiro atoms. The van der Waals surface area contributed by atoms with Crippen LogP contribution in [0.15, 0.2) is 17.0 Å². The third-order valence-corrected chi connectivity index (χ3v) is 4.57. The lowest BCUT2D eigenvalue weighted by atomic mass is 10.1. The maximum Gasteiger partial charge on any atom is 0.417 e. The Kier molecular flexibility index (Phi) is 4.38. The van der Waals surface area contributed by atoms with Crippen molar-refractivity contribution in [2.24, 2.45) is 0 Å². The molecule has 0 unspecified atom stereocenters. The molecule has 1 rings (SSSR count). The Morgan fingerprint density at radius 3 is 1.63 bits per heavy atom. The molecular weight excluding hydrogens is 436 g/mol. The van der Waals surface area contributed by atoms with Gasteiger partial charge in [-0.05, 0) is 34.7 Å². The summed E-state index contributed by atoms with van der Waals surface area (Å²) in [6, 6.07) is -0.0222. The second-order valence-corrected chi connectivity index (χ2v) is 6.96. The molecule has 0 amide bonds. The van der Waals surface area contributed by atoms with Crippen LogP contribution in [-0.2, 0) is 21.4 Å². The van der Waals surface area contributed by atoms with Gasteiger partial charge >= 0.3 is 12.4 Å². The fraction of sp³-hybridized carbons (Fsp3) is 0.250. The monoisotopic (exact) mass is 438 g/mol. The van der Waals surface area contributed by atoms with E-state index in [0.717, 1.165) is 0 Å². The molecule has 108 valence electrons. The molecule has 0 saturated carbocycles. The Labute approximate surface area is 121 Å². The van der Waals surface area contributed by atoms with E-state index in [1.807, 2.05) is 0 Å². The number of hydrogen-bond acceptors (Lipinski definition) is 2. The molecule has 1 aromatic rings. The smallest absolute Gasteiger partial charge is 0.207 e. The van der Waals surface area contributed by atoms with E-state index in [9.17, 15) is 34.8 Å². The molecule has 0 bridgehead atoms. The van der Waals surface area contributed by atoms with Gasteiger partial charge in [-0.15, -0.1) is 0 Å². The first kappa shape index (κ1) is 16.8. The van der Waals surface area contributed by atoms with Crippen LogP contribution < -0.4 is 0 Å². The van der Waals surface area contributed by atoms with Crippen LogP contribution in [0, 0.1) is 3.57 Å². The molecule has 0 atom stereocenters. The van der Waals surface area contributed by atoms with Crippen LogP contribution in [0.5, 0.6) is 0 Å². The van der Waals surface area contributed by atoms with Gasteiger partial charge in [0.15, 0.2) is 0 Å². The van der Waals surface area contributed by atoms with Crippen LogP contribution in [-0.4, -0.2) is 8.42 Å². The number of rotatable bonds is 1. The standard InChI is InChI=1S/C8H2ClF6IO2S/c9-19(17,18)6-2-4(8(13,14)15)3(1-5(6)16)7(10,11)12/h1-2H. The van der Waals surface area contributed by atoms with Crippen molar-refractivity contribution in [1.29, 1.82) is 0 Å². The van der Waals surface area contributed by atoms with Gasteiger partial charge in [-0.1, -0.05) is 0 Å². The minimum Gasteiger partial charge on any atom is -0.207 e. The summed E-state index contributed by atoms with van der Waals surface area (Å²) in [5.74, 6) is 0. The van der Waals surface area contributed by atoms with Crippen LogP contribution >= 0.6 is 33.3 Å². The van der Waals surface area contributed by atoms with Crippen LogP contribution in [0.25, 0.3) is 0 Å². The van der Waals surface area contributed by atoms with Gasteiger partial charge in [-0.3, -0.25) is 0 Å². The molecule has 0 saturated heterocycles. The lowest BCUT2D eigenvalue weighted by Gasteiger charge is -2.17. The Morgan fingerprint density at radius 1 is 0.947 bits per heavy atom. The van der Waals surface area contributed by atoms with E-state index >= 15 is 0 Å². The molecule has 0 aliphatic rings. The van der Waals surface area contributed by atoms with E-state index in [1.54, 1.807) is 0 Å².